The average Bonchev–Trinajstić information content (AvgIpc) is 3.71. The van der Waals surface area contributed by atoms with Crippen LogP contribution in [0.4, 0.5) is 5.95 Å². The number of carbonyl (C=O) groups is 1. The van der Waals surface area contributed by atoms with Crippen molar-refractivity contribution in [3.05, 3.63) is 124 Å². The summed E-state index contributed by atoms with van der Waals surface area (Å²) in [5.74, 6) is -0.607. The monoisotopic (exact) mass is 703 g/mol. The summed E-state index contributed by atoms with van der Waals surface area (Å²) in [6, 6.07) is 30.0. The maximum absolute atomic E-state index is 13.1. The number of H-pyrrole nitrogens is 1. The van der Waals surface area contributed by atoms with Crippen LogP contribution < -0.4 is 16.2 Å². The molecule has 3 N–H and O–H groups in total. The molecule has 0 bridgehead atoms. The van der Waals surface area contributed by atoms with E-state index in [4.69, 9.17) is 20.5 Å². The maximum Gasteiger partial charge on any atom is 0.362 e. The van der Waals surface area contributed by atoms with E-state index in [1.807, 2.05) is 54.6 Å². The number of nitrogens with zero attached hydrogens (tertiary/aromatic N) is 4. The first kappa shape index (κ1) is 34.7. The zero-order chi connectivity index (χ0) is 34.8. The van der Waals surface area contributed by atoms with Crippen molar-refractivity contribution in [3.63, 3.8) is 0 Å². The van der Waals surface area contributed by atoms with Crippen molar-refractivity contribution in [3.8, 4) is 0 Å². The third kappa shape index (κ3) is 7.12. The number of carbonyl (C=O) groups excluding carboxylic acids is 1. The molecule has 6 rings (SSSR count). The van der Waals surface area contributed by atoms with Gasteiger partial charge in [-0.1, -0.05) is 105 Å². The van der Waals surface area contributed by atoms with Crippen molar-refractivity contribution >= 4 is 41.1 Å². The van der Waals surface area contributed by atoms with Gasteiger partial charge in [0.2, 0.25) is 11.9 Å². The van der Waals surface area contributed by atoms with Crippen LogP contribution in [0, 0.1) is 5.92 Å². The van der Waals surface area contributed by atoms with Crippen LogP contribution in [0.2, 0.25) is 0 Å². The number of nitrogens with one attached hydrogen (secondary N) is 3. The number of aromatic nitrogens is 4. The Morgan fingerprint density at radius 3 is 2.10 bits per heavy atom. The van der Waals surface area contributed by atoms with Crippen molar-refractivity contribution in [1.82, 2.24) is 29.5 Å². The molecule has 1 amide bonds. The summed E-state index contributed by atoms with van der Waals surface area (Å²) in [6.45, 7) is -0.253. The van der Waals surface area contributed by atoms with Crippen LogP contribution in [0.15, 0.2) is 102 Å². The normalized spacial score (nSPS) is 19.4. The van der Waals surface area contributed by atoms with E-state index in [0.29, 0.717) is 6.42 Å². The lowest BCUT2D eigenvalue weighted by Crippen LogP contribution is -2.53. The van der Waals surface area contributed by atoms with Crippen LogP contribution >= 0.6 is 18.1 Å². The second-order valence-corrected chi connectivity index (χ2v) is 15.7. The number of anilines is 1. The zero-order valence-corrected chi connectivity index (χ0v) is 29.3. The van der Waals surface area contributed by atoms with Gasteiger partial charge in [-0.2, -0.15) is 4.98 Å². The van der Waals surface area contributed by atoms with Gasteiger partial charge in [0, 0.05) is 18.4 Å². The fourth-order valence-electron chi connectivity index (χ4n) is 6.04. The van der Waals surface area contributed by atoms with Gasteiger partial charge in [-0.05, 0) is 42.0 Å². The molecule has 4 atom stereocenters. The van der Waals surface area contributed by atoms with Crippen LogP contribution in [0.25, 0.3) is 11.2 Å². The summed E-state index contributed by atoms with van der Waals surface area (Å²) >= 11 is 6.32. The molecule has 0 spiro atoms. The Morgan fingerprint density at radius 2 is 1.59 bits per heavy atom. The molecule has 12 nitrogen and oxygen atoms in total. The molecule has 1 aliphatic heterocycles. The van der Waals surface area contributed by atoms with E-state index in [0.717, 1.165) is 16.7 Å². The fourth-order valence-corrected chi connectivity index (χ4v) is 6.77. The van der Waals surface area contributed by atoms with Crippen LogP contribution in [0.5, 0.6) is 0 Å². The molecule has 2 aromatic heterocycles. The highest BCUT2D eigenvalue weighted by Crippen LogP contribution is 2.54. The molecule has 1 saturated heterocycles. The summed E-state index contributed by atoms with van der Waals surface area (Å²) in [4.78, 5) is 36.9. The Hall–Kier alpha value is -4.16. The molecule has 3 heterocycles. The summed E-state index contributed by atoms with van der Waals surface area (Å²) in [5, 5.41) is 6.63. The molecule has 0 radical (unpaired) electrons. The maximum atomic E-state index is 13.1. The lowest BCUT2D eigenvalue weighted by atomic mass is 9.76. The minimum absolute atomic E-state index is 0.0100. The molecular formula is C35H39ClN7O5P. The Labute approximate surface area is 289 Å². The molecular weight excluding hydrogens is 665 g/mol. The van der Waals surface area contributed by atoms with Crippen LogP contribution in [0.1, 0.15) is 43.2 Å². The Kier molecular flexibility index (Phi) is 10.2. The summed E-state index contributed by atoms with van der Waals surface area (Å²) in [7, 11) is 3.17. The Morgan fingerprint density at radius 1 is 1.04 bits per heavy atom. The Balaban J connectivity index is 1.45. The van der Waals surface area contributed by atoms with E-state index in [9.17, 15) is 14.2 Å². The van der Waals surface area contributed by atoms with E-state index in [2.05, 4.69) is 62.0 Å². The number of rotatable bonds is 12. The quantitative estimate of drug-likeness (QED) is 0.107. The second-order valence-electron chi connectivity index (χ2n) is 12.4. The molecule has 5 aromatic rings. The van der Waals surface area contributed by atoms with Crippen LogP contribution in [-0.2, 0) is 24.2 Å². The predicted molar refractivity (Wildman–Crippen MR) is 189 cm³/mol. The Bertz CT molecular complexity index is 1910. The van der Waals surface area contributed by atoms with Gasteiger partial charge >= 0.3 is 6.87 Å². The van der Waals surface area contributed by atoms with Gasteiger partial charge in [0.1, 0.15) is 6.23 Å². The van der Waals surface area contributed by atoms with Gasteiger partial charge in [0.15, 0.2) is 11.2 Å². The largest absolute Gasteiger partial charge is 0.362 e. The first-order valence-corrected chi connectivity index (χ1v) is 18.5. The van der Waals surface area contributed by atoms with Gasteiger partial charge in [-0.25, -0.2) is 9.65 Å². The van der Waals surface area contributed by atoms with Gasteiger partial charge < -0.3 is 9.26 Å². The van der Waals surface area contributed by atoms with E-state index in [1.54, 1.807) is 32.5 Å². The molecule has 256 valence electrons. The van der Waals surface area contributed by atoms with Gasteiger partial charge in [-0.3, -0.25) is 34.3 Å². The van der Waals surface area contributed by atoms with Gasteiger partial charge in [0.05, 0.1) is 24.6 Å². The van der Waals surface area contributed by atoms with Crippen molar-refractivity contribution in [2.75, 3.05) is 26.0 Å². The minimum atomic E-state index is -3.64. The van der Waals surface area contributed by atoms with Gasteiger partial charge in [-0.15, -0.1) is 0 Å². The summed E-state index contributed by atoms with van der Waals surface area (Å²) in [6.07, 6.45) is 0.543. The highest BCUT2D eigenvalue weighted by Gasteiger charge is 2.45. The third-order valence-electron chi connectivity index (χ3n) is 8.64. The number of imidazole rings is 1. The van der Waals surface area contributed by atoms with E-state index < -0.39 is 36.3 Å². The number of fused-ring (bicyclic) bond motifs is 1. The van der Waals surface area contributed by atoms with Crippen molar-refractivity contribution in [2.24, 2.45) is 5.92 Å². The molecule has 14 heteroatoms. The molecule has 1 aliphatic rings. The lowest BCUT2D eigenvalue weighted by molar-refractivity contribution is -0.118. The third-order valence-corrected chi connectivity index (χ3v) is 11.3. The van der Waals surface area contributed by atoms with E-state index >= 15 is 0 Å². The first-order chi connectivity index (χ1) is 23.5. The topological polar surface area (TPSA) is 143 Å². The average molecular weight is 704 g/mol. The predicted octanol–water partition coefficient (Wildman–Crippen LogP) is 5.88. The molecule has 3 aromatic carbocycles. The highest BCUT2D eigenvalue weighted by atomic mass is 35.7. The summed E-state index contributed by atoms with van der Waals surface area (Å²) in [5.41, 5.74) is 1.99. The van der Waals surface area contributed by atoms with Gasteiger partial charge in [0.25, 0.3) is 5.56 Å². The number of hydrogen-bond donors (Lipinski definition) is 3. The van der Waals surface area contributed by atoms with Crippen LogP contribution in [-0.4, -0.2) is 62.9 Å². The van der Waals surface area contributed by atoms with E-state index in [1.165, 1.54) is 11.0 Å². The lowest BCUT2D eigenvalue weighted by Gasteiger charge is -2.40. The van der Waals surface area contributed by atoms with Crippen molar-refractivity contribution < 1.29 is 18.6 Å². The molecule has 4 unspecified atom stereocenters. The fraction of sp³-hybridized carbons (Fsp3) is 0.314. The van der Waals surface area contributed by atoms with E-state index in [-0.39, 0.29) is 35.5 Å². The number of ether oxygens (including phenoxy) is 1. The van der Waals surface area contributed by atoms with Crippen molar-refractivity contribution in [1.29, 1.82) is 0 Å². The van der Waals surface area contributed by atoms with Crippen molar-refractivity contribution in [2.45, 2.75) is 44.2 Å². The minimum Gasteiger partial charge on any atom is -0.351 e. The molecule has 1 fully saturated rings. The summed E-state index contributed by atoms with van der Waals surface area (Å²) < 4.78 is 28.6. The zero-order valence-electron chi connectivity index (χ0n) is 27.6. The number of amides is 1. The first-order valence-electron chi connectivity index (χ1n) is 16.0. The number of benzene rings is 3. The number of hydrogen-bond acceptors (Lipinski definition) is 8. The number of aromatic amines is 1. The number of halogens is 1. The standard InChI is InChI=1S/C35H39ClN7O5P/c1-23(2)32(44)39-34-38-31-30(33(45)40-34)37-22-43(31)29-20-27(28(48-29)21-47-49(36,46)42(3)4)41-35(24-14-8-5-9-15-24,25-16-10-6-11-17-25)26-18-12-7-13-19-26/h5-19,22-23,27-29,41H,20-21H2,1-4H3,(H2,38,39,40,44,45). The van der Waals surface area contributed by atoms with Crippen LogP contribution in [0.3, 0.4) is 0 Å². The second kappa shape index (κ2) is 14.4. The molecule has 49 heavy (non-hydrogen) atoms. The molecule has 0 aliphatic carbocycles. The smallest absolute Gasteiger partial charge is 0.351 e. The SMILES string of the molecule is CC(C)C(=O)Nc1nc2c(ncn2C2CC(NC(c3ccccc3)(c3ccccc3)c3ccccc3)C(COP(=O)(Cl)N(C)C)O2)c(=O)[nH]1. The molecule has 0 saturated carbocycles. The highest BCUT2D eigenvalue weighted by molar-refractivity contribution is 7.83.